The lowest BCUT2D eigenvalue weighted by Crippen LogP contribution is -2.44. The fraction of sp³-hybridized carbons (Fsp3) is 0.472. The summed E-state index contributed by atoms with van der Waals surface area (Å²) in [5.41, 5.74) is 6.84. The van der Waals surface area contributed by atoms with Crippen molar-refractivity contribution >= 4 is 39.1 Å². The van der Waals surface area contributed by atoms with E-state index in [-0.39, 0.29) is 34.9 Å². The van der Waals surface area contributed by atoms with E-state index < -0.39 is 5.92 Å². The van der Waals surface area contributed by atoms with Crippen LogP contribution in [0.3, 0.4) is 0 Å². The number of aryl methyl sites for hydroxylation is 2. The average molecular weight is 648 g/mol. The number of anilines is 1. The van der Waals surface area contributed by atoms with Gasteiger partial charge in [0.05, 0.1) is 0 Å². The maximum atomic E-state index is 14.1. The number of hydrogen-bond donors (Lipinski definition) is 1. The second-order valence-corrected chi connectivity index (χ2v) is 14.9. The first-order valence-corrected chi connectivity index (χ1v) is 16.1. The van der Waals surface area contributed by atoms with E-state index in [1.165, 1.54) is 0 Å². The molecule has 5 rings (SSSR count). The molecule has 0 aromatic heterocycles. The van der Waals surface area contributed by atoms with Gasteiger partial charge in [-0.05, 0) is 85.4 Å². The van der Waals surface area contributed by atoms with E-state index in [1.54, 1.807) is 0 Å². The highest BCUT2D eigenvalue weighted by Gasteiger charge is 2.49. The molecule has 0 saturated carbocycles. The van der Waals surface area contributed by atoms with Crippen molar-refractivity contribution in [2.45, 2.75) is 86.5 Å². The number of benzene rings is 2. The molecule has 0 saturated heterocycles. The molecular formula is C36H43BrN2O4. The third-order valence-electron chi connectivity index (χ3n) is 8.90. The summed E-state index contributed by atoms with van der Waals surface area (Å²) < 4.78 is 7.03. The number of hydrogen-bond acceptors (Lipinski definition) is 5. The summed E-state index contributed by atoms with van der Waals surface area (Å²) in [5.74, 6) is -0.150. The van der Waals surface area contributed by atoms with Gasteiger partial charge in [-0.3, -0.25) is 14.4 Å². The molecule has 1 aliphatic heterocycles. The average Bonchev–Trinajstić information content (AvgIpc) is 2.89. The van der Waals surface area contributed by atoms with Crippen LogP contribution in [0.5, 0.6) is 5.75 Å². The van der Waals surface area contributed by atoms with Gasteiger partial charge in [-0.25, -0.2) is 0 Å². The minimum Gasteiger partial charge on any atom is -0.483 e. The van der Waals surface area contributed by atoms with Crippen molar-refractivity contribution in [2.24, 2.45) is 10.8 Å². The minimum absolute atomic E-state index is 0.0833. The van der Waals surface area contributed by atoms with Crippen molar-refractivity contribution in [1.82, 2.24) is 4.90 Å². The molecular weight excluding hydrogens is 604 g/mol. The number of carbonyl (C=O) groups excluding carboxylic acids is 3. The van der Waals surface area contributed by atoms with Crippen LogP contribution in [0.2, 0.25) is 0 Å². The number of halogens is 1. The number of nitrogens with zero attached hydrogens (tertiary/aromatic N) is 1. The fourth-order valence-corrected chi connectivity index (χ4v) is 7.27. The van der Waals surface area contributed by atoms with Gasteiger partial charge in [-0.1, -0.05) is 56.6 Å². The SMILES string of the molecule is CCCN1C2=C(C(=O)CC(C)(C)C2)C(c2cc(Br)ccc2OCC(=O)Nc2ccc(C)c(C)c2)C2=C1CC(C)(C)CC2=O. The molecule has 1 amide bonds. The summed E-state index contributed by atoms with van der Waals surface area (Å²) in [5, 5.41) is 2.93. The zero-order valence-electron chi connectivity index (χ0n) is 26.4. The van der Waals surface area contributed by atoms with E-state index in [9.17, 15) is 14.4 Å². The predicted octanol–water partition coefficient (Wildman–Crippen LogP) is 8.18. The Balaban J connectivity index is 1.59. The van der Waals surface area contributed by atoms with Gasteiger partial charge in [0.15, 0.2) is 18.2 Å². The molecule has 2 aromatic rings. The third-order valence-corrected chi connectivity index (χ3v) is 9.39. The monoisotopic (exact) mass is 646 g/mol. The fourth-order valence-electron chi connectivity index (χ4n) is 6.89. The molecule has 0 atom stereocenters. The topological polar surface area (TPSA) is 75.7 Å². The van der Waals surface area contributed by atoms with Crippen LogP contribution in [-0.4, -0.2) is 35.5 Å². The zero-order valence-corrected chi connectivity index (χ0v) is 28.0. The lowest BCUT2D eigenvalue weighted by atomic mass is 9.63. The first-order chi connectivity index (χ1) is 20.2. The van der Waals surface area contributed by atoms with Crippen molar-refractivity contribution in [3.05, 3.63) is 80.1 Å². The molecule has 7 heteroatoms. The van der Waals surface area contributed by atoms with Gasteiger partial charge < -0.3 is 15.0 Å². The Morgan fingerprint density at radius 3 is 2.07 bits per heavy atom. The van der Waals surface area contributed by atoms with E-state index in [0.29, 0.717) is 35.4 Å². The van der Waals surface area contributed by atoms with Crippen LogP contribution in [0, 0.1) is 24.7 Å². The maximum absolute atomic E-state index is 14.1. The standard InChI is InChI=1S/C36H43BrN2O4/c1-8-13-39-26-16-35(4,5)18-28(40)33(26)32(34-27(39)17-36(6,7)19-29(34)41)25-15-23(37)10-12-30(25)43-20-31(42)38-24-11-9-21(2)22(3)14-24/h9-12,14-15,32H,8,13,16-20H2,1-7H3,(H,38,42). The van der Waals surface area contributed by atoms with Crippen LogP contribution in [0.15, 0.2) is 63.4 Å². The molecule has 0 spiro atoms. The largest absolute Gasteiger partial charge is 0.483 e. The number of nitrogens with one attached hydrogen (secondary N) is 1. The molecule has 0 unspecified atom stereocenters. The lowest BCUT2D eigenvalue weighted by molar-refractivity contribution is -0.120. The van der Waals surface area contributed by atoms with Crippen LogP contribution in [0.1, 0.15) is 89.3 Å². The van der Waals surface area contributed by atoms with E-state index in [1.807, 2.05) is 50.2 Å². The Morgan fingerprint density at radius 2 is 1.51 bits per heavy atom. The molecule has 3 aliphatic rings. The quantitative estimate of drug-likeness (QED) is 0.328. The molecule has 2 aliphatic carbocycles. The van der Waals surface area contributed by atoms with Crippen LogP contribution in [0.25, 0.3) is 0 Å². The Bertz CT molecular complexity index is 1510. The zero-order chi connectivity index (χ0) is 31.3. The van der Waals surface area contributed by atoms with Gasteiger partial charge in [0, 0.05) is 63.6 Å². The van der Waals surface area contributed by atoms with Gasteiger partial charge in [-0.15, -0.1) is 0 Å². The molecule has 0 bridgehead atoms. The van der Waals surface area contributed by atoms with Gasteiger partial charge in [0.2, 0.25) is 0 Å². The molecule has 2 aromatic carbocycles. The van der Waals surface area contributed by atoms with Gasteiger partial charge in [-0.2, -0.15) is 0 Å². The highest BCUT2D eigenvalue weighted by Crippen LogP contribution is 2.55. The number of amides is 1. The van der Waals surface area contributed by atoms with Crippen LogP contribution >= 0.6 is 15.9 Å². The second kappa shape index (κ2) is 11.7. The number of Topliss-reactive ketones (excluding diaryl/α,β-unsaturated/α-hetero) is 2. The Labute approximate surface area is 264 Å². The molecule has 1 heterocycles. The van der Waals surface area contributed by atoms with Gasteiger partial charge in [0.1, 0.15) is 5.75 Å². The van der Waals surface area contributed by atoms with Crippen LogP contribution in [0.4, 0.5) is 5.69 Å². The van der Waals surface area contributed by atoms with Crippen LogP contribution in [-0.2, 0) is 14.4 Å². The number of carbonyl (C=O) groups is 3. The Hall–Kier alpha value is -3.19. The van der Waals surface area contributed by atoms with E-state index in [4.69, 9.17) is 4.74 Å². The number of allylic oxidation sites excluding steroid dienone is 4. The molecule has 6 nitrogen and oxygen atoms in total. The summed E-state index contributed by atoms with van der Waals surface area (Å²) in [6.07, 6.45) is 3.28. The van der Waals surface area contributed by atoms with Gasteiger partial charge >= 0.3 is 0 Å². The summed E-state index contributed by atoms with van der Waals surface area (Å²) in [7, 11) is 0. The number of ketones is 2. The second-order valence-electron chi connectivity index (χ2n) is 14.0. The van der Waals surface area contributed by atoms with Crippen molar-refractivity contribution in [1.29, 1.82) is 0 Å². The van der Waals surface area contributed by atoms with E-state index >= 15 is 0 Å². The summed E-state index contributed by atoms with van der Waals surface area (Å²) in [6.45, 7) is 15.3. The molecule has 1 N–H and O–H groups in total. The summed E-state index contributed by atoms with van der Waals surface area (Å²) in [6, 6.07) is 11.4. The van der Waals surface area contributed by atoms with Crippen molar-refractivity contribution in [2.75, 3.05) is 18.5 Å². The Morgan fingerprint density at radius 1 is 0.907 bits per heavy atom. The third kappa shape index (κ3) is 6.38. The van der Waals surface area contributed by atoms with E-state index in [0.717, 1.165) is 58.4 Å². The highest BCUT2D eigenvalue weighted by molar-refractivity contribution is 9.10. The minimum atomic E-state index is -0.541. The lowest BCUT2D eigenvalue weighted by Gasteiger charge is -2.49. The van der Waals surface area contributed by atoms with Crippen molar-refractivity contribution < 1.29 is 19.1 Å². The first kappa shape index (κ1) is 31.2. The molecule has 228 valence electrons. The molecule has 43 heavy (non-hydrogen) atoms. The van der Waals surface area contributed by atoms with Crippen molar-refractivity contribution in [3.8, 4) is 5.75 Å². The first-order valence-electron chi connectivity index (χ1n) is 15.3. The molecule has 0 radical (unpaired) electrons. The summed E-state index contributed by atoms with van der Waals surface area (Å²) >= 11 is 3.63. The van der Waals surface area contributed by atoms with E-state index in [2.05, 4.69) is 60.8 Å². The van der Waals surface area contributed by atoms with Gasteiger partial charge in [0.25, 0.3) is 5.91 Å². The molecule has 0 fully saturated rings. The van der Waals surface area contributed by atoms with Crippen molar-refractivity contribution in [3.63, 3.8) is 0 Å². The normalized spacial score (nSPS) is 19.8. The summed E-state index contributed by atoms with van der Waals surface area (Å²) in [4.78, 5) is 43.4. The smallest absolute Gasteiger partial charge is 0.262 e. The predicted molar refractivity (Wildman–Crippen MR) is 174 cm³/mol. The maximum Gasteiger partial charge on any atom is 0.262 e. The Kier molecular flexibility index (Phi) is 8.51. The highest BCUT2D eigenvalue weighted by atomic mass is 79.9. The number of ether oxygens (including phenoxy) is 1. The number of rotatable bonds is 7. The van der Waals surface area contributed by atoms with Crippen LogP contribution < -0.4 is 10.1 Å².